The molecule has 12 nitrogen and oxygen atoms in total. The van der Waals surface area contributed by atoms with Crippen LogP contribution >= 0.6 is 11.6 Å². The summed E-state index contributed by atoms with van der Waals surface area (Å²) >= 11 is 5.87. The number of hydrogen-bond acceptors (Lipinski definition) is 9. The van der Waals surface area contributed by atoms with E-state index in [0.29, 0.717) is 27.9 Å². The fourth-order valence-corrected chi connectivity index (χ4v) is 3.62. The Bertz CT molecular complexity index is 1450. The quantitative estimate of drug-likeness (QED) is 0.251. The van der Waals surface area contributed by atoms with Crippen molar-refractivity contribution in [3.05, 3.63) is 81.5 Å². The van der Waals surface area contributed by atoms with E-state index in [1.807, 2.05) is 20.8 Å². The van der Waals surface area contributed by atoms with Crippen molar-refractivity contribution < 1.29 is 14.5 Å². The molecule has 0 spiro atoms. The molecule has 4 rings (SSSR count). The highest BCUT2D eigenvalue weighted by Gasteiger charge is 2.30. The summed E-state index contributed by atoms with van der Waals surface area (Å²) < 4.78 is 7.36. The van der Waals surface area contributed by atoms with E-state index < -0.39 is 16.4 Å². The number of nitro groups is 1. The number of nitrogens with zero attached hydrogens (tertiary/aromatic N) is 6. The van der Waals surface area contributed by atoms with Crippen molar-refractivity contribution in [3.63, 3.8) is 0 Å². The van der Waals surface area contributed by atoms with Crippen LogP contribution in [0, 0.1) is 10.1 Å². The van der Waals surface area contributed by atoms with Crippen molar-refractivity contribution in [1.82, 2.24) is 24.7 Å². The Morgan fingerprint density at radius 3 is 2.57 bits per heavy atom. The number of primary amides is 1. The van der Waals surface area contributed by atoms with Crippen LogP contribution in [0.5, 0.6) is 5.75 Å². The van der Waals surface area contributed by atoms with Crippen LogP contribution in [0.25, 0.3) is 11.3 Å². The molecule has 3 aromatic heterocycles. The maximum Gasteiger partial charge on any atom is 0.310 e. The normalized spacial score (nSPS) is 11.2. The van der Waals surface area contributed by atoms with Crippen molar-refractivity contribution in [2.24, 2.45) is 5.73 Å². The minimum Gasteiger partial charge on any atom is -0.480 e. The molecule has 0 atom stereocenters. The molecule has 0 bridgehead atoms. The summed E-state index contributed by atoms with van der Waals surface area (Å²) in [6.07, 6.45) is 5.97. The first kappa shape index (κ1) is 25.5. The molecule has 0 fully saturated rings. The number of hydrogen-bond donors (Lipinski definition) is 2. The van der Waals surface area contributed by atoms with Gasteiger partial charge >= 0.3 is 5.69 Å². The number of aromatic nitrogens is 5. The van der Waals surface area contributed by atoms with Crippen LogP contribution in [0.2, 0.25) is 5.02 Å². The molecule has 4 aromatic rings. The molecule has 190 valence electrons. The Balaban J connectivity index is 1.82. The van der Waals surface area contributed by atoms with Crippen LogP contribution in [-0.4, -0.2) is 35.6 Å². The Hall–Kier alpha value is -4.58. The van der Waals surface area contributed by atoms with Gasteiger partial charge in [0.2, 0.25) is 0 Å². The third-order valence-electron chi connectivity index (χ3n) is 5.17. The first-order valence-electron chi connectivity index (χ1n) is 11.0. The third kappa shape index (κ3) is 5.64. The highest BCUT2D eigenvalue weighted by Crippen LogP contribution is 2.38. The molecule has 1 aromatic carbocycles. The third-order valence-corrected chi connectivity index (χ3v) is 5.39. The van der Waals surface area contributed by atoms with Gasteiger partial charge < -0.3 is 15.8 Å². The Morgan fingerprint density at radius 2 is 1.97 bits per heavy atom. The number of pyridine rings is 1. The molecule has 3 heterocycles. The number of nitro benzene ring substituents is 1. The summed E-state index contributed by atoms with van der Waals surface area (Å²) in [5, 5.41) is 19.9. The average molecular weight is 523 g/mol. The molecule has 0 aliphatic rings. The van der Waals surface area contributed by atoms with Crippen molar-refractivity contribution in [3.8, 4) is 17.0 Å². The highest BCUT2D eigenvalue weighted by atomic mass is 35.5. The molecule has 13 heteroatoms. The molecule has 37 heavy (non-hydrogen) atoms. The van der Waals surface area contributed by atoms with Crippen LogP contribution in [0.3, 0.4) is 0 Å². The number of carbonyl (C=O) groups excluding carboxylic acids is 1. The zero-order valence-electron chi connectivity index (χ0n) is 20.2. The fraction of sp³-hybridized carbons (Fsp3) is 0.208. The second-order valence-electron chi connectivity index (χ2n) is 8.93. The fourth-order valence-electron chi connectivity index (χ4n) is 3.51. The smallest absolute Gasteiger partial charge is 0.310 e. The van der Waals surface area contributed by atoms with E-state index in [2.05, 4.69) is 25.4 Å². The largest absolute Gasteiger partial charge is 0.480 e. The number of nitrogens with two attached hydrogens (primary N) is 1. The van der Waals surface area contributed by atoms with E-state index in [4.69, 9.17) is 22.1 Å². The van der Waals surface area contributed by atoms with Gasteiger partial charge in [-0.3, -0.25) is 24.9 Å². The second-order valence-corrected chi connectivity index (χ2v) is 9.37. The number of carbonyl (C=O) groups is 1. The van der Waals surface area contributed by atoms with Crippen molar-refractivity contribution in [2.75, 3.05) is 5.32 Å². The highest BCUT2D eigenvalue weighted by molar-refractivity contribution is 6.30. The van der Waals surface area contributed by atoms with E-state index >= 15 is 0 Å². The summed E-state index contributed by atoms with van der Waals surface area (Å²) in [6.45, 7) is 5.67. The van der Waals surface area contributed by atoms with Crippen LogP contribution < -0.4 is 15.8 Å². The molecule has 0 unspecified atom stereocenters. The zero-order chi connectivity index (χ0) is 26.7. The van der Waals surface area contributed by atoms with Gasteiger partial charge in [0.05, 0.1) is 27.4 Å². The number of rotatable bonds is 8. The second kappa shape index (κ2) is 10.2. The Morgan fingerprint density at radius 1 is 1.19 bits per heavy atom. The van der Waals surface area contributed by atoms with Crippen molar-refractivity contribution in [2.45, 2.75) is 32.9 Å². The maximum atomic E-state index is 12.7. The van der Waals surface area contributed by atoms with Gasteiger partial charge in [0, 0.05) is 30.2 Å². The lowest BCUT2D eigenvalue weighted by Crippen LogP contribution is -2.25. The molecule has 3 N–H and O–H groups in total. The summed E-state index contributed by atoms with van der Waals surface area (Å²) in [4.78, 5) is 36.2. The van der Waals surface area contributed by atoms with Gasteiger partial charge in [0.1, 0.15) is 29.5 Å². The first-order valence-corrected chi connectivity index (χ1v) is 11.4. The number of anilines is 2. The molecular weight excluding hydrogens is 500 g/mol. The number of ether oxygens (including phenoxy) is 1. The van der Waals surface area contributed by atoms with Gasteiger partial charge in [-0.15, -0.1) is 0 Å². The monoisotopic (exact) mass is 522 g/mol. The summed E-state index contributed by atoms with van der Waals surface area (Å²) in [7, 11) is 0. The lowest BCUT2D eigenvalue weighted by atomic mass is 10.1. The lowest BCUT2D eigenvalue weighted by molar-refractivity contribution is -0.385. The zero-order valence-corrected chi connectivity index (χ0v) is 20.9. The van der Waals surface area contributed by atoms with Gasteiger partial charge in [0.25, 0.3) is 5.91 Å². The minimum atomic E-state index is -0.747. The van der Waals surface area contributed by atoms with E-state index in [1.54, 1.807) is 16.8 Å². The number of nitrogens with one attached hydrogen (secondary N) is 1. The maximum absolute atomic E-state index is 12.7. The summed E-state index contributed by atoms with van der Waals surface area (Å²) in [5.41, 5.74) is 6.18. The van der Waals surface area contributed by atoms with Crippen molar-refractivity contribution in [1.29, 1.82) is 0 Å². The van der Waals surface area contributed by atoms with E-state index in [1.165, 1.54) is 43.0 Å². The van der Waals surface area contributed by atoms with Gasteiger partial charge in [-0.05, 0) is 45.0 Å². The first-order chi connectivity index (χ1) is 17.5. The van der Waals surface area contributed by atoms with Gasteiger partial charge in [-0.1, -0.05) is 11.6 Å². The lowest BCUT2D eigenvalue weighted by Gasteiger charge is -2.22. The van der Waals surface area contributed by atoms with E-state index in [-0.39, 0.29) is 29.3 Å². The molecule has 0 aliphatic heterocycles. The molecule has 0 saturated heterocycles. The van der Waals surface area contributed by atoms with Crippen LogP contribution in [0.4, 0.5) is 17.3 Å². The van der Waals surface area contributed by atoms with Crippen LogP contribution in [0.1, 0.15) is 36.8 Å². The predicted octanol–water partition coefficient (Wildman–Crippen LogP) is 4.47. The van der Waals surface area contributed by atoms with Gasteiger partial charge in [-0.25, -0.2) is 9.67 Å². The SMILES string of the molecule is CC(C)(C)n1nc(-c2ccc([N+](=O)[O-])c(OCc3ccc(Cl)cn3)c2)c(C(N)=O)c1Nc1cnccn1. The number of amides is 1. The summed E-state index contributed by atoms with van der Waals surface area (Å²) in [6, 6.07) is 7.51. The topological polar surface area (TPSA) is 164 Å². The van der Waals surface area contributed by atoms with Gasteiger partial charge in [-0.2, -0.15) is 5.10 Å². The molecule has 1 amide bonds. The van der Waals surface area contributed by atoms with Crippen LogP contribution in [-0.2, 0) is 12.1 Å². The van der Waals surface area contributed by atoms with Crippen LogP contribution in [0.15, 0.2) is 55.1 Å². The number of benzene rings is 1. The standard InChI is InChI=1S/C24H23ClN8O4/c1-24(2,3)32-23(30-19-12-27-8-9-28-19)20(22(26)34)21(31-32)14-4-7-17(33(35)36)18(10-14)37-13-16-6-5-15(25)11-29-16/h4-12H,13H2,1-3H3,(H2,26,34)(H,28,30). The van der Waals surface area contributed by atoms with Gasteiger partial charge in [0.15, 0.2) is 5.75 Å². The van der Waals surface area contributed by atoms with E-state index in [9.17, 15) is 14.9 Å². The minimum absolute atomic E-state index is 0.0246. The van der Waals surface area contributed by atoms with E-state index in [0.717, 1.165) is 0 Å². The average Bonchev–Trinajstić information content (AvgIpc) is 3.24. The molecule has 0 saturated carbocycles. The van der Waals surface area contributed by atoms with Crippen molar-refractivity contribution >= 4 is 34.8 Å². The summed E-state index contributed by atoms with van der Waals surface area (Å²) in [5.74, 6) is -0.0849. The molecule has 0 radical (unpaired) electrons. The molecule has 0 aliphatic carbocycles. The molecular formula is C24H23ClN8O4. The Kier molecular flexibility index (Phi) is 7.02. The predicted molar refractivity (Wildman–Crippen MR) is 137 cm³/mol. The Labute approximate surface area is 216 Å². The number of halogens is 1.